The molecular formula is C21H22N8S. The van der Waals surface area contributed by atoms with Crippen LogP contribution in [0.2, 0.25) is 0 Å². The highest BCUT2D eigenvalue weighted by Gasteiger charge is 2.27. The summed E-state index contributed by atoms with van der Waals surface area (Å²) in [5.41, 5.74) is 4.31. The number of thiazole rings is 1. The van der Waals surface area contributed by atoms with E-state index in [2.05, 4.69) is 53.4 Å². The molecule has 1 fully saturated rings. The highest BCUT2D eigenvalue weighted by atomic mass is 32.1. The van der Waals surface area contributed by atoms with Crippen molar-refractivity contribution in [1.29, 1.82) is 0 Å². The van der Waals surface area contributed by atoms with Crippen LogP contribution in [0, 0.1) is 6.92 Å². The molecule has 4 aromatic rings. The van der Waals surface area contributed by atoms with Crippen molar-refractivity contribution >= 4 is 28.2 Å². The fourth-order valence-corrected chi connectivity index (χ4v) is 4.92. The van der Waals surface area contributed by atoms with Crippen LogP contribution in [-0.4, -0.2) is 36.3 Å². The van der Waals surface area contributed by atoms with Crippen LogP contribution in [0.15, 0.2) is 36.9 Å². The Morgan fingerprint density at radius 3 is 3.07 bits per heavy atom. The van der Waals surface area contributed by atoms with Crippen LogP contribution >= 0.6 is 11.3 Å². The van der Waals surface area contributed by atoms with Gasteiger partial charge in [-0.05, 0) is 37.5 Å². The molecule has 1 aliphatic carbocycles. The van der Waals surface area contributed by atoms with E-state index >= 15 is 0 Å². The van der Waals surface area contributed by atoms with Gasteiger partial charge in [0.1, 0.15) is 5.82 Å². The third-order valence-electron chi connectivity index (χ3n) is 5.63. The van der Waals surface area contributed by atoms with Crippen molar-refractivity contribution in [2.45, 2.75) is 38.8 Å². The van der Waals surface area contributed by atoms with Crippen LogP contribution in [0.5, 0.6) is 0 Å². The summed E-state index contributed by atoms with van der Waals surface area (Å²) in [5.74, 6) is 1.62. The maximum Gasteiger partial charge on any atom is 0.229 e. The smallest absolute Gasteiger partial charge is 0.229 e. The van der Waals surface area contributed by atoms with Gasteiger partial charge in [-0.2, -0.15) is 5.10 Å². The number of aromatic nitrogens is 6. The molecule has 9 heteroatoms. The molecule has 0 saturated heterocycles. The summed E-state index contributed by atoms with van der Waals surface area (Å²) >= 11 is 1.67. The summed E-state index contributed by atoms with van der Waals surface area (Å²) in [6.45, 7) is 3.74. The predicted molar refractivity (Wildman–Crippen MR) is 117 cm³/mol. The van der Waals surface area contributed by atoms with Crippen LogP contribution in [0.25, 0.3) is 11.3 Å². The Morgan fingerprint density at radius 1 is 1.27 bits per heavy atom. The minimum absolute atomic E-state index is 0.577. The summed E-state index contributed by atoms with van der Waals surface area (Å²) in [6, 6.07) is 4.83. The topological polar surface area (TPSA) is 87.5 Å². The van der Waals surface area contributed by atoms with E-state index in [0.717, 1.165) is 47.4 Å². The van der Waals surface area contributed by atoms with Crippen LogP contribution in [0.4, 0.5) is 16.9 Å². The average Bonchev–Trinajstić information content (AvgIpc) is 3.14. The summed E-state index contributed by atoms with van der Waals surface area (Å²) in [4.78, 5) is 17.2. The number of hydrogen-bond donors (Lipinski definition) is 2. The normalized spacial score (nSPS) is 15.6. The molecular weight excluding hydrogens is 396 g/mol. The van der Waals surface area contributed by atoms with Crippen molar-refractivity contribution in [2.75, 3.05) is 16.8 Å². The molecule has 2 N–H and O–H groups in total. The maximum atomic E-state index is 4.86. The third-order valence-corrected chi connectivity index (χ3v) is 6.66. The summed E-state index contributed by atoms with van der Waals surface area (Å²) in [7, 11) is 0. The number of nitrogens with one attached hydrogen (secondary N) is 2. The molecule has 152 valence electrons. The fourth-order valence-electron chi connectivity index (χ4n) is 3.96. The van der Waals surface area contributed by atoms with E-state index in [4.69, 9.17) is 4.98 Å². The lowest BCUT2D eigenvalue weighted by molar-refractivity contribution is 0.736. The zero-order valence-electron chi connectivity index (χ0n) is 16.7. The van der Waals surface area contributed by atoms with Gasteiger partial charge in [0.25, 0.3) is 0 Å². The lowest BCUT2D eigenvalue weighted by Gasteiger charge is -2.21. The SMILES string of the molecule is Cc1ccnc(Nc2nc3c(s2)CCN(Cc2ccn(C4CC4)c2)c2[nH]ncc2-3)n1. The Morgan fingerprint density at radius 2 is 2.20 bits per heavy atom. The Bertz CT molecular complexity index is 1200. The van der Waals surface area contributed by atoms with Crippen molar-refractivity contribution < 1.29 is 0 Å². The second-order valence-corrected chi connectivity index (χ2v) is 9.02. The van der Waals surface area contributed by atoms with E-state index in [-0.39, 0.29) is 0 Å². The molecule has 0 aromatic carbocycles. The van der Waals surface area contributed by atoms with Crippen LogP contribution < -0.4 is 10.2 Å². The maximum absolute atomic E-state index is 4.86. The third kappa shape index (κ3) is 3.24. The fraction of sp³-hybridized carbons (Fsp3) is 0.333. The van der Waals surface area contributed by atoms with Crippen molar-refractivity contribution in [2.24, 2.45) is 0 Å². The van der Waals surface area contributed by atoms with E-state index in [1.54, 1.807) is 17.5 Å². The molecule has 1 saturated carbocycles. The molecule has 5 heterocycles. The molecule has 4 aromatic heterocycles. The first-order valence-electron chi connectivity index (χ1n) is 10.2. The van der Waals surface area contributed by atoms with Gasteiger partial charge in [0.2, 0.25) is 5.95 Å². The largest absolute Gasteiger partial charge is 0.352 e. The number of fused-ring (bicyclic) bond motifs is 3. The first-order valence-corrected chi connectivity index (χ1v) is 11.1. The molecule has 2 aliphatic rings. The molecule has 0 spiro atoms. The molecule has 0 atom stereocenters. The predicted octanol–water partition coefficient (Wildman–Crippen LogP) is 4.07. The second kappa shape index (κ2) is 6.94. The molecule has 0 radical (unpaired) electrons. The molecule has 30 heavy (non-hydrogen) atoms. The number of rotatable bonds is 5. The molecule has 6 rings (SSSR count). The lowest BCUT2D eigenvalue weighted by Crippen LogP contribution is -2.24. The van der Waals surface area contributed by atoms with E-state index in [9.17, 15) is 0 Å². The van der Waals surface area contributed by atoms with Gasteiger partial charge in [0, 0.05) is 54.7 Å². The lowest BCUT2D eigenvalue weighted by atomic mass is 10.2. The van der Waals surface area contributed by atoms with Crippen LogP contribution in [0.1, 0.15) is 35.0 Å². The van der Waals surface area contributed by atoms with Gasteiger partial charge in [-0.1, -0.05) is 0 Å². The molecule has 0 amide bonds. The van der Waals surface area contributed by atoms with Gasteiger partial charge in [-0.25, -0.2) is 15.0 Å². The standard InChI is InChI=1S/C21H22N8S/c1-13-4-7-22-20(24-13)26-21-25-18-16-10-23-27-19(16)29(9-6-17(18)30-21)12-14-5-8-28(11-14)15-2-3-15/h4-5,7-8,10-11,15H,2-3,6,9,12H2,1H3,(H,23,27)(H,22,24,25,26). The van der Waals surface area contributed by atoms with Crippen molar-refractivity contribution in [3.05, 3.63) is 53.1 Å². The van der Waals surface area contributed by atoms with Crippen molar-refractivity contribution in [3.63, 3.8) is 0 Å². The Hall–Kier alpha value is -3.20. The molecule has 0 unspecified atom stereocenters. The highest BCUT2D eigenvalue weighted by Crippen LogP contribution is 2.40. The van der Waals surface area contributed by atoms with E-state index in [1.165, 1.54) is 23.3 Å². The van der Waals surface area contributed by atoms with Gasteiger partial charge in [0.05, 0.1) is 17.5 Å². The van der Waals surface area contributed by atoms with Crippen LogP contribution in [0.3, 0.4) is 0 Å². The Balaban J connectivity index is 1.27. The Kier molecular flexibility index (Phi) is 4.08. The van der Waals surface area contributed by atoms with Gasteiger partial charge in [-0.3, -0.25) is 5.10 Å². The number of nitrogens with zero attached hydrogens (tertiary/aromatic N) is 6. The summed E-state index contributed by atoms with van der Waals surface area (Å²) < 4.78 is 2.35. The minimum Gasteiger partial charge on any atom is -0.352 e. The van der Waals surface area contributed by atoms with E-state index in [0.29, 0.717) is 12.0 Å². The number of hydrogen-bond acceptors (Lipinski definition) is 7. The highest BCUT2D eigenvalue weighted by molar-refractivity contribution is 7.16. The minimum atomic E-state index is 0.577. The van der Waals surface area contributed by atoms with Gasteiger partial charge >= 0.3 is 0 Å². The van der Waals surface area contributed by atoms with Gasteiger partial charge in [0.15, 0.2) is 5.13 Å². The van der Waals surface area contributed by atoms with Gasteiger partial charge < -0.3 is 14.8 Å². The number of H-pyrrole nitrogens is 1. The number of aryl methyl sites for hydroxylation is 1. The van der Waals surface area contributed by atoms with Gasteiger partial charge in [-0.15, -0.1) is 11.3 Å². The molecule has 8 nitrogen and oxygen atoms in total. The van der Waals surface area contributed by atoms with Crippen LogP contribution in [-0.2, 0) is 13.0 Å². The molecule has 0 bridgehead atoms. The first-order chi connectivity index (χ1) is 14.7. The monoisotopic (exact) mass is 418 g/mol. The van der Waals surface area contributed by atoms with Crippen molar-refractivity contribution in [3.8, 4) is 11.3 Å². The number of anilines is 3. The second-order valence-electron chi connectivity index (χ2n) is 7.94. The quantitative estimate of drug-likeness (QED) is 0.508. The Labute approximate surface area is 178 Å². The summed E-state index contributed by atoms with van der Waals surface area (Å²) in [5, 5.41) is 11.6. The van der Waals surface area contributed by atoms with E-state index < -0.39 is 0 Å². The molecule has 1 aliphatic heterocycles. The number of aromatic amines is 1. The van der Waals surface area contributed by atoms with E-state index in [1.807, 2.05) is 19.2 Å². The average molecular weight is 419 g/mol. The zero-order valence-corrected chi connectivity index (χ0v) is 17.5. The zero-order chi connectivity index (χ0) is 20.1. The summed E-state index contributed by atoms with van der Waals surface area (Å²) in [6.07, 6.45) is 11.7. The first kappa shape index (κ1) is 17.6. The van der Waals surface area contributed by atoms with Crippen molar-refractivity contribution in [1.82, 2.24) is 29.7 Å².